The third-order valence-corrected chi connectivity index (χ3v) is 6.58. The summed E-state index contributed by atoms with van der Waals surface area (Å²) in [6.45, 7) is 6.16. The number of H-pyrrole nitrogens is 1. The molecular weight excluding hydrogens is 440 g/mol. The van der Waals surface area contributed by atoms with E-state index in [1.807, 2.05) is 31.3 Å². The van der Waals surface area contributed by atoms with E-state index in [0.717, 1.165) is 66.1 Å². The smallest absolute Gasteiger partial charge is 0.330 e. The molecule has 4 heterocycles. The van der Waals surface area contributed by atoms with Crippen molar-refractivity contribution in [3.05, 3.63) is 74.9 Å². The zero-order chi connectivity index (χ0) is 23.1. The van der Waals surface area contributed by atoms with Crippen LogP contribution in [0.15, 0.2) is 47.5 Å². The number of pyridine rings is 1. The van der Waals surface area contributed by atoms with Crippen molar-refractivity contribution >= 4 is 39.7 Å². The molecule has 9 heteroatoms. The predicted octanol–water partition coefficient (Wildman–Crippen LogP) is 2.82. The minimum absolute atomic E-state index is 0.147. The number of carbonyl (C=O) groups excluding carboxylic acids is 1. The Morgan fingerprint density at radius 2 is 1.97 bits per heavy atom. The largest absolute Gasteiger partial charge is 0.368 e. The van der Waals surface area contributed by atoms with Gasteiger partial charge in [0, 0.05) is 57.7 Å². The molecule has 1 fully saturated rings. The number of aryl methyl sites for hydroxylation is 1. The summed E-state index contributed by atoms with van der Waals surface area (Å²) in [4.78, 5) is 36.5. The Balaban J connectivity index is 1.29. The van der Waals surface area contributed by atoms with Gasteiger partial charge in [-0.15, -0.1) is 0 Å². The molecular formula is C24H25ClN6O2. The minimum Gasteiger partial charge on any atom is -0.368 e. The van der Waals surface area contributed by atoms with Crippen LogP contribution in [0.4, 0.5) is 5.69 Å². The first-order valence-electron chi connectivity index (χ1n) is 10.9. The van der Waals surface area contributed by atoms with Crippen LogP contribution in [-0.4, -0.2) is 58.4 Å². The fourth-order valence-electron chi connectivity index (χ4n) is 4.51. The van der Waals surface area contributed by atoms with Gasteiger partial charge in [-0.2, -0.15) is 0 Å². The second-order valence-electron chi connectivity index (χ2n) is 8.40. The lowest BCUT2D eigenvalue weighted by molar-refractivity contribution is 0.0963. The van der Waals surface area contributed by atoms with Gasteiger partial charge in [0.05, 0.1) is 21.7 Å². The summed E-state index contributed by atoms with van der Waals surface area (Å²) < 4.78 is 1.61. The predicted molar refractivity (Wildman–Crippen MR) is 130 cm³/mol. The maximum Gasteiger partial charge on any atom is 0.330 e. The van der Waals surface area contributed by atoms with Gasteiger partial charge in [-0.3, -0.25) is 19.1 Å². The molecule has 0 aliphatic carbocycles. The number of nitrogens with one attached hydrogen (secondary N) is 2. The Hall–Kier alpha value is -3.36. The molecule has 3 aromatic heterocycles. The Morgan fingerprint density at radius 1 is 1.18 bits per heavy atom. The molecule has 1 aromatic carbocycles. The van der Waals surface area contributed by atoms with Crippen molar-refractivity contribution in [2.45, 2.75) is 13.5 Å². The van der Waals surface area contributed by atoms with E-state index in [0.29, 0.717) is 10.6 Å². The lowest BCUT2D eigenvalue weighted by Crippen LogP contribution is -2.46. The van der Waals surface area contributed by atoms with Crippen LogP contribution in [0.3, 0.4) is 0 Å². The van der Waals surface area contributed by atoms with Crippen LogP contribution < -0.4 is 15.9 Å². The van der Waals surface area contributed by atoms with E-state index < -0.39 is 0 Å². The quantitative estimate of drug-likeness (QED) is 0.485. The van der Waals surface area contributed by atoms with Crippen molar-refractivity contribution in [3.63, 3.8) is 0 Å². The maximum absolute atomic E-state index is 12.4. The number of hydrogen-bond donors (Lipinski definition) is 2. The Morgan fingerprint density at radius 3 is 2.70 bits per heavy atom. The van der Waals surface area contributed by atoms with Crippen LogP contribution in [0.25, 0.3) is 16.6 Å². The number of nitrogens with zero attached hydrogens (tertiary/aromatic N) is 4. The molecule has 1 amide bonds. The topological polar surface area (TPSA) is 85.7 Å². The van der Waals surface area contributed by atoms with E-state index in [2.05, 4.69) is 25.1 Å². The highest BCUT2D eigenvalue weighted by molar-refractivity contribution is 6.33. The van der Waals surface area contributed by atoms with Crippen LogP contribution in [0, 0.1) is 6.92 Å². The summed E-state index contributed by atoms with van der Waals surface area (Å²) in [6.07, 6.45) is 3.67. The summed E-state index contributed by atoms with van der Waals surface area (Å²) in [5.41, 5.74) is 5.86. The molecule has 0 unspecified atom stereocenters. The molecule has 0 bridgehead atoms. The number of aromatic amines is 1. The molecule has 0 spiro atoms. The van der Waals surface area contributed by atoms with Gasteiger partial charge in [0.1, 0.15) is 5.52 Å². The normalized spacial score (nSPS) is 14.8. The van der Waals surface area contributed by atoms with Crippen molar-refractivity contribution in [1.29, 1.82) is 0 Å². The monoisotopic (exact) mass is 464 g/mol. The zero-order valence-corrected chi connectivity index (χ0v) is 19.3. The molecule has 170 valence electrons. The van der Waals surface area contributed by atoms with Gasteiger partial charge >= 0.3 is 5.69 Å². The summed E-state index contributed by atoms with van der Waals surface area (Å²) in [5.74, 6) is -0.147. The second kappa shape index (κ2) is 8.53. The van der Waals surface area contributed by atoms with E-state index in [4.69, 9.17) is 11.6 Å². The van der Waals surface area contributed by atoms with Crippen LogP contribution >= 0.6 is 11.6 Å². The molecule has 1 saturated heterocycles. The Labute approximate surface area is 195 Å². The van der Waals surface area contributed by atoms with Gasteiger partial charge in [-0.1, -0.05) is 11.6 Å². The summed E-state index contributed by atoms with van der Waals surface area (Å²) >= 11 is 6.47. The Bertz CT molecular complexity index is 1420. The zero-order valence-electron chi connectivity index (χ0n) is 18.6. The number of amides is 1. The molecule has 0 radical (unpaired) electrons. The van der Waals surface area contributed by atoms with E-state index in [1.165, 1.54) is 0 Å². The first-order valence-corrected chi connectivity index (χ1v) is 11.3. The van der Waals surface area contributed by atoms with Crippen LogP contribution in [0.2, 0.25) is 5.02 Å². The average molecular weight is 465 g/mol. The number of piperazine rings is 1. The van der Waals surface area contributed by atoms with Crippen LogP contribution in [0.1, 0.15) is 21.5 Å². The summed E-state index contributed by atoms with van der Waals surface area (Å²) in [5, 5.41) is 3.20. The molecule has 1 aliphatic heterocycles. The van der Waals surface area contributed by atoms with Crippen LogP contribution in [-0.2, 0) is 6.54 Å². The number of hydrogen-bond acceptors (Lipinski definition) is 5. The standard InChI is InChI=1S/C24H25ClN6O2/c1-15-5-6-31-22(15)21-19(28-24(31)33)11-16(13-27-21)14-29-7-9-30(10-8-29)20-4-3-17(12-18(20)25)23(32)26-2/h3-6,11-13H,7-10,14H2,1-2H3,(H,26,32)(H,28,33). The molecule has 33 heavy (non-hydrogen) atoms. The highest BCUT2D eigenvalue weighted by atomic mass is 35.5. The fraction of sp³-hybridized carbons (Fsp3) is 0.292. The Kier molecular flexibility index (Phi) is 5.55. The van der Waals surface area contributed by atoms with Gasteiger partial charge in [-0.25, -0.2) is 4.79 Å². The lowest BCUT2D eigenvalue weighted by atomic mass is 10.1. The highest BCUT2D eigenvalue weighted by Crippen LogP contribution is 2.28. The van der Waals surface area contributed by atoms with Crippen molar-refractivity contribution in [2.75, 3.05) is 38.1 Å². The van der Waals surface area contributed by atoms with E-state index in [9.17, 15) is 9.59 Å². The first-order chi connectivity index (χ1) is 15.9. The second-order valence-corrected chi connectivity index (χ2v) is 8.80. The van der Waals surface area contributed by atoms with Gasteiger partial charge in [-0.05, 0) is 48.4 Å². The number of rotatable bonds is 4. The molecule has 0 saturated carbocycles. The third kappa shape index (κ3) is 3.96. The molecule has 1 aliphatic rings. The van der Waals surface area contributed by atoms with E-state index in [-0.39, 0.29) is 11.6 Å². The fourth-order valence-corrected chi connectivity index (χ4v) is 4.81. The van der Waals surface area contributed by atoms with Gasteiger partial charge in [0.15, 0.2) is 0 Å². The average Bonchev–Trinajstić information content (AvgIpc) is 3.21. The number of halogens is 1. The van der Waals surface area contributed by atoms with Crippen molar-refractivity contribution in [3.8, 4) is 0 Å². The number of aromatic nitrogens is 3. The van der Waals surface area contributed by atoms with E-state index >= 15 is 0 Å². The van der Waals surface area contributed by atoms with Crippen LogP contribution in [0.5, 0.6) is 0 Å². The highest BCUT2D eigenvalue weighted by Gasteiger charge is 2.20. The molecule has 4 aromatic rings. The van der Waals surface area contributed by atoms with Gasteiger partial charge < -0.3 is 15.2 Å². The summed E-state index contributed by atoms with van der Waals surface area (Å²) in [6, 6.07) is 9.38. The first kappa shape index (κ1) is 21.5. The molecule has 8 nitrogen and oxygen atoms in total. The number of carbonyl (C=O) groups is 1. The van der Waals surface area contributed by atoms with Crippen molar-refractivity contribution in [1.82, 2.24) is 24.6 Å². The van der Waals surface area contributed by atoms with E-state index in [1.54, 1.807) is 29.8 Å². The van der Waals surface area contributed by atoms with Crippen molar-refractivity contribution < 1.29 is 4.79 Å². The SMILES string of the molecule is CNC(=O)c1ccc(N2CCN(Cc3cnc4c(c3)[nH]c(=O)n3ccc(C)c43)CC2)c(Cl)c1. The van der Waals surface area contributed by atoms with Crippen molar-refractivity contribution in [2.24, 2.45) is 0 Å². The third-order valence-electron chi connectivity index (χ3n) is 6.27. The minimum atomic E-state index is -0.155. The van der Waals surface area contributed by atoms with Gasteiger partial charge in [0.25, 0.3) is 5.91 Å². The lowest BCUT2D eigenvalue weighted by Gasteiger charge is -2.36. The number of anilines is 1. The maximum atomic E-state index is 12.4. The summed E-state index contributed by atoms with van der Waals surface area (Å²) in [7, 11) is 1.61. The van der Waals surface area contributed by atoms with Gasteiger partial charge in [0.2, 0.25) is 0 Å². The molecule has 0 atom stereocenters. The number of benzene rings is 1. The molecule has 5 rings (SSSR count). The molecule has 2 N–H and O–H groups in total. The number of fused-ring (bicyclic) bond motifs is 3.